The van der Waals surface area contributed by atoms with E-state index in [2.05, 4.69) is 19.6 Å². The number of hydrogen-bond donors (Lipinski definition) is 1. The fraction of sp³-hybridized carbons (Fsp3) is 0.391. The van der Waals surface area contributed by atoms with Crippen LogP contribution in [0.15, 0.2) is 54.3 Å². The van der Waals surface area contributed by atoms with Crippen molar-refractivity contribution in [1.82, 2.24) is 0 Å². The van der Waals surface area contributed by atoms with E-state index >= 15 is 0 Å². The Balaban J connectivity index is 2.05. The molecule has 2 unspecified atom stereocenters. The molecule has 142 valence electrons. The molecule has 2 rings (SSSR count). The van der Waals surface area contributed by atoms with Crippen molar-refractivity contribution in [2.75, 3.05) is 0 Å². The van der Waals surface area contributed by atoms with E-state index in [0.717, 1.165) is 43.4 Å². The number of allylic oxidation sites excluding steroid dienone is 4. The number of carbonyl (C=O) groups excluding carboxylic acids is 1. The minimum absolute atomic E-state index is 0.234. The van der Waals surface area contributed by atoms with Crippen LogP contribution in [0.25, 0.3) is 5.57 Å². The summed E-state index contributed by atoms with van der Waals surface area (Å²) in [5.74, 6) is 0.851. The van der Waals surface area contributed by atoms with Gasteiger partial charge in [-0.05, 0) is 54.2 Å². The topological polar surface area (TPSA) is 70.3 Å². The average molecular weight is 365 g/mol. The first kappa shape index (κ1) is 20.7. The predicted molar refractivity (Wildman–Crippen MR) is 107 cm³/mol. The summed E-state index contributed by atoms with van der Waals surface area (Å²) in [6.07, 6.45) is 8.16. The van der Waals surface area contributed by atoms with Gasteiger partial charge in [-0.3, -0.25) is 4.79 Å². The van der Waals surface area contributed by atoms with Crippen LogP contribution < -0.4 is 0 Å². The first-order chi connectivity index (χ1) is 13.1. The number of aliphatic hydroxyl groups excluding tert-OH is 1. The average Bonchev–Trinajstić information content (AvgIpc) is 2.71. The molecular formula is C23H27NO3. The third kappa shape index (κ3) is 6.23. The smallest absolute Gasteiger partial charge is 0.145 e. The Bertz CT molecular complexity index is 753. The second-order valence-corrected chi connectivity index (χ2v) is 6.86. The molecule has 27 heavy (non-hydrogen) atoms. The number of ether oxygens (including phenoxy) is 1. The summed E-state index contributed by atoms with van der Waals surface area (Å²) in [6.45, 7) is 5.75. The van der Waals surface area contributed by atoms with Gasteiger partial charge in [-0.25, -0.2) is 0 Å². The van der Waals surface area contributed by atoms with Crippen molar-refractivity contribution in [3.8, 4) is 6.07 Å². The first-order valence-corrected chi connectivity index (χ1v) is 9.45. The van der Waals surface area contributed by atoms with Crippen LogP contribution in [-0.2, 0) is 9.53 Å². The van der Waals surface area contributed by atoms with Gasteiger partial charge in [0.1, 0.15) is 12.4 Å². The van der Waals surface area contributed by atoms with Crippen molar-refractivity contribution < 1.29 is 14.6 Å². The summed E-state index contributed by atoms with van der Waals surface area (Å²) in [7, 11) is 0. The third-order valence-electron chi connectivity index (χ3n) is 4.71. The van der Waals surface area contributed by atoms with Crippen molar-refractivity contribution in [2.24, 2.45) is 0 Å². The van der Waals surface area contributed by atoms with E-state index in [0.29, 0.717) is 17.4 Å². The van der Waals surface area contributed by atoms with Crippen molar-refractivity contribution in [3.63, 3.8) is 0 Å². The van der Waals surface area contributed by atoms with Crippen LogP contribution in [0.2, 0.25) is 0 Å². The van der Waals surface area contributed by atoms with Gasteiger partial charge in [-0.2, -0.15) is 5.26 Å². The van der Waals surface area contributed by atoms with Crippen LogP contribution in [0.1, 0.15) is 56.6 Å². The molecule has 0 amide bonds. The monoisotopic (exact) mass is 365 g/mol. The molecule has 1 aromatic carbocycles. The number of nitrogens with zero attached hydrogens (tertiary/aromatic N) is 1. The largest absolute Gasteiger partial charge is 0.492 e. The first-order valence-electron chi connectivity index (χ1n) is 9.45. The highest BCUT2D eigenvalue weighted by atomic mass is 16.5. The Labute approximate surface area is 161 Å². The molecule has 2 atom stereocenters. The van der Waals surface area contributed by atoms with Gasteiger partial charge >= 0.3 is 0 Å². The number of aldehydes is 1. The van der Waals surface area contributed by atoms with Gasteiger partial charge in [0.15, 0.2) is 0 Å². The van der Waals surface area contributed by atoms with E-state index in [1.54, 1.807) is 0 Å². The van der Waals surface area contributed by atoms with Gasteiger partial charge in [0.25, 0.3) is 0 Å². The van der Waals surface area contributed by atoms with E-state index in [1.165, 1.54) is 5.57 Å². The molecule has 4 heteroatoms. The molecule has 0 aromatic heterocycles. The number of hydrogen-bond acceptors (Lipinski definition) is 4. The molecule has 0 fully saturated rings. The second kappa shape index (κ2) is 10.5. The molecule has 4 nitrogen and oxygen atoms in total. The summed E-state index contributed by atoms with van der Waals surface area (Å²) in [5.41, 5.74) is 3.34. The van der Waals surface area contributed by atoms with Crippen LogP contribution in [0.4, 0.5) is 0 Å². The SMILES string of the molecule is C=C(C=O)CC(O)C(CCCC)OC1=CC=C(c2ccc(C#N)cc2)CC1. The molecule has 0 aliphatic heterocycles. The third-order valence-corrected chi connectivity index (χ3v) is 4.71. The standard InChI is InChI=1S/C23H27NO3/c1-3-4-5-23(22(26)14-17(2)16-25)27-21-12-10-20(11-13-21)19-8-6-18(15-24)7-9-19/h6-10,12,16,22-23,26H,2-5,11,13-14H2,1H3. The maximum absolute atomic E-state index is 10.8. The van der Waals surface area contributed by atoms with Crippen LogP contribution in [0, 0.1) is 11.3 Å². The summed E-state index contributed by atoms with van der Waals surface area (Å²) < 4.78 is 6.09. The lowest BCUT2D eigenvalue weighted by molar-refractivity contribution is -0.105. The number of nitriles is 1. The van der Waals surface area contributed by atoms with Crippen molar-refractivity contribution in [2.45, 2.75) is 57.7 Å². The van der Waals surface area contributed by atoms with E-state index in [1.807, 2.05) is 36.4 Å². The molecule has 1 N–H and O–H groups in total. The fourth-order valence-corrected chi connectivity index (χ4v) is 3.09. The minimum atomic E-state index is -0.737. The van der Waals surface area contributed by atoms with Gasteiger partial charge in [0.05, 0.1) is 23.5 Å². The molecule has 0 saturated heterocycles. The number of unbranched alkanes of at least 4 members (excludes halogenated alkanes) is 1. The number of rotatable bonds is 10. The predicted octanol–water partition coefficient (Wildman–Crippen LogP) is 4.70. The second-order valence-electron chi connectivity index (χ2n) is 6.86. The fourth-order valence-electron chi connectivity index (χ4n) is 3.09. The molecule has 0 radical (unpaired) electrons. The lowest BCUT2D eigenvalue weighted by atomic mass is 9.95. The van der Waals surface area contributed by atoms with E-state index in [4.69, 9.17) is 10.00 Å². The minimum Gasteiger partial charge on any atom is -0.492 e. The lowest BCUT2D eigenvalue weighted by Crippen LogP contribution is -2.29. The highest BCUT2D eigenvalue weighted by molar-refractivity contribution is 5.72. The quantitative estimate of drug-likeness (QED) is 0.482. The molecule has 1 aliphatic carbocycles. The van der Waals surface area contributed by atoms with Crippen molar-refractivity contribution in [3.05, 3.63) is 65.5 Å². The van der Waals surface area contributed by atoms with Gasteiger partial charge in [-0.15, -0.1) is 0 Å². The Morgan fingerprint density at radius 1 is 1.33 bits per heavy atom. The van der Waals surface area contributed by atoms with Crippen LogP contribution >= 0.6 is 0 Å². The highest BCUT2D eigenvalue weighted by Crippen LogP contribution is 2.29. The Morgan fingerprint density at radius 2 is 2.07 bits per heavy atom. The Kier molecular flexibility index (Phi) is 8.03. The molecule has 0 spiro atoms. The maximum atomic E-state index is 10.8. The molecule has 0 heterocycles. The Hall–Kier alpha value is -2.64. The van der Waals surface area contributed by atoms with E-state index in [-0.39, 0.29) is 12.5 Å². The Morgan fingerprint density at radius 3 is 2.63 bits per heavy atom. The molecule has 1 aliphatic rings. The summed E-state index contributed by atoms with van der Waals surface area (Å²) in [6, 6.07) is 9.69. The zero-order valence-corrected chi connectivity index (χ0v) is 15.9. The summed E-state index contributed by atoms with van der Waals surface area (Å²) in [5, 5.41) is 19.3. The van der Waals surface area contributed by atoms with Crippen LogP contribution in [0.3, 0.4) is 0 Å². The number of aliphatic hydroxyl groups is 1. The van der Waals surface area contributed by atoms with E-state index in [9.17, 15) is 9.90 Å². The van der Waals surface area contributed by atoms with Gasteiger partial charge in [0, 0.05) is 12.8 Å². The van der Waals surface area contributed by atoms with Crippen molar-refractivity contribution >= 4 is 11.9 Å². The number of carbonyl (C=O) groups is 1. The van der Waals surface area contributed by atoms with Crippen LogP contribution in [-0.4, -0.2) is 23.6 Å². The molecule has 0 bridgehead atoms. The number of benzene rings is 1. The molecular weight excluding hydrogens is 338 g/mol. The van der Waals surface area contributed by atoms with Gasteiger partial charge < -0.3 is 9.84 Å². The molecule has 0 saturated carbocycles. The normalized spacial score (nSPS) is 15.7. The van der Waals surface area contributed by atoms with Gasteiger partial charge in [-0.1, -0.05) is 38.1 Å². The lowest BCUT2D eigenvalue weighted by Gasteiger charge is -2.27. The van der Waals surface area contributed by atoms with Crippen molar-refractivity contribution in [1.29, 1.82) is 5.26 Å². The maximum Gasteiger partial charge on any atom is 0.145 e. The summed E-state index contributed by atoms with van der Waals surface area (Å²) in [4.78, 5) is 10.8. The zero-order valence-electron chi connectivity index (χ0n) is 15.9. The summed E-state index contributed by atoms with van der Waals surface area (Å²) >= 11 is 0. The zero-order chi connectivity index (χ0) is 19.6. The van der Waals surface area contributed by atoms with Gasteiger partial charge in [0.2, 0.25) is 0 Å². The van der Waals surface area contributed by atoms with E-state index < -0.39 is 6.10 Å². The highest BCUT2D eigenvalue weighted by Gasteiger charge is 2.23. The molecule has 1 aromatic rings. The van der Waals surface area contributed by atoms with Crippen LogP contribution in [0.5, 0.6) is 0 Å².